The third-order valence-corrected chi connectivity index (χ3v) is 2.22. The molecule has 0 fully saturated rings. The predicted octanol–water partition coefficient (Wildman–Crippen LogP) is 2.31. The summed E-state index contributed by atoms with van der Waals surface area (Å²) >= 11 is 0. The molecule has 82 valence electrons. The minimum Gasteiger partial charge on any atom is -0.392 e. The fraction of sp³-hybridized carbons (Fsp3) is 0.417. The molecule has 0 aliphatic heterocycles. The molecule has 1 amide bonds. The van der Waals surface area contributed by atoms with E-state index < -0.39 is 0 Å². The molecule has 2 N–H and O–H groups in total. The molecule has 1 rings (SSSR count). The van der Waals surface area contributed by atoms with E-state index in [0.29, 0.717) is 12.1 Å². The molecule has 0 radical (unpaired) electrons. The van der Waals surface area contributed by atoms with E-state index in [1.54, 1.807) is 12.1 Å². The van der Waals surface area contributed by atoms with Gasteiger partial charge in [-0.1, -0.05) is 31.5 Å². The van der Waals surface area contributed by atoms with E-state index >= 15 is 0 Å². The van der Waals surface area contributed by atoms with Crippen molar-refractivity contribution in [3.8, 4) is 0 Å². The summed E-state index contributed by atoms with van der Waals surface area (Å²) in [4.78, 5) is 11.4. The SMILES string of the molecule is CCCCC(=O)Nc1ccccc1CO. The molecule has 1 aromatic carbocycles. The summed E-state index contributed by atoms with van der Waals surface area (Å²) in [5.41, 5.74) is 1.46. The van der Waals surface area contributed by atoms with E-state index in [0.717, 1.165) is 18.4 Å². The van der Waals surface area contributed by atoms with Gasteiger partial charge in [0.1, 0.15) is 0 Å². The lowest BCUT2D eigenvalue weighted by Gasteiger charge is -2.08. The number of rotatable bonds is 5. The molecule has 3 heteroatoms. The van der Waals surface area contributed by atoms with Crippen molar-refractivity contribution in [3.05, 3.63) is 29.8 Å². The van der Waals surface area contributed by atoms with E-state index in [1.165, 1.54) is 0 Å². The van der Waals surface area contributed by atoms with Gasteiger partial charge < -0.3 is 10.4 Å². The molecule has 15 heavy (non-hydrogen) atoms. The maximum atomic E-state index is 11.4. The molecule has 0 saturated heterocycles. The van der Waals surface area contributed by atoms with Gasteiger partial charge in [0, 0.05) is 17.7 Å². The Hall–Kier alpha value is -1.35. The van der Waals surface area contributed by atoms with Crippen LogP contribution in [0, 0.1) is 0 Å². The van der Waals surface area contributed by atoms with Crippen LogP contribution >= 0.6 is 0 Å². The van der Waals surface area contributed by atoms with Gasteiger partial charge in [-0.05, 0) is 12.5 Å². The second-order valence-corrected chi connectivity index (χ2v) is 3.47. The molecule has 0 aromatic heterocycles. The lowest BCUT2D eigenvalue weighted by Crippen LogP contribution is -2.12. The van der Waals surface area contributed by atoms with Crippen LogP contribution in [0.5, 0.6) is 0 Å². The molecule has 3 nitrogen and oxygen atoms in total. The number of unbranched alkanes of at least 4 members (excludes halogenated alkanes) is 1. The molecule has 0 saturated carbocycles. The van der Waals surface area contributed by atoms with Gasteiger partial charge in [-0.2, -0.15) is 0 Å². The molecule has 1 aromatic rings. The molecule has 0 atom stereocenters. The fourth-order valence-corrected chi connectivity index (χ4v) is 1.33. The zero-order chi connectivity index (χ0) is 11.1. The number of nitrogens with one attached hydrogen (secondary N) is 1. The number of hydrogen-bond acceptors (Lipinski definition) is 2. The molecule has 0 unspecified atom stereocenters. The number of anilines is 1. The van der Waals surface area contributed by atoms with Crippen molar-refractivity contribution in [2.75, 3.05) is 5.32 Å². The highest BCUT2D eigenvalue weighted by molar-refractivity contribution is 5.91. The van der Waals surface area contributed by atoms with Gasteiger partial charge in [0.2, 0.25) is 5.91 Å². The maximum Gasteiger partial charge on any atom is 0.224 e. The molecule has 0 bridgehead atoms. The average molecular weight is 207 g/mol. The monoisotopic (exact) mass is 207 g/mol. The summed E-state index contributed by atoms with van der Waals surface area (Å²) in [5, 5.41) is 11.9. The van der Waals surface area contributed by atoms with E-state index in [9.17, 15) is 4.79 Å². The largest absolute Gasteiger partial charge is 0.392 e. The van der Waals surface area contributed by atoms with Gasteiger partial charge in [-0.15, -0.1) is 0 Å². The van der Waals surface area contributed by atoms with E-state index in [4.69, 9.17) is 5.11 Å². The minimum atomic E-state index is -0.0514. The van der Waals surface area contributed by atoms with Crippen molar-refractivity contribution in [1.29, 1.82) is 0 Å². The second kappa shape index (κ2) is 6.19. The van der Waals surface area contributed by atoms with Crippen molar-refractivity contribution in [1.82, 2.24) is 0 Å². The third-order valence-electron chi connectivity index (χ3n) is 2.22. The summed E-state index contributed by atoms with van der Waals surface area (Å²) in [6.45, 7) is 2.00. The predicted molar refractivity (Wildman–Crippen MR) is 60.5 cm³/mol. The molecule has 0 aliphatic carbocycles. The highest BCUT2D eigenvalue weighted by Gasteiger charge is 2.04. The van der Waals surface area contributed by atoms with E-state index in [1.807, 2.05) is 12.1 Å². The number of amides is 1. The van der Waals surface area contributed by atoms with Gasteiger partial charge >= 0.3 is 0 Å². The fourth-order valence-electron chi connectivity index (χ4n) is 1.33. The lowest BCUT2D eigenvalue weighted by atomic mass is 10.2. The number of para-hydroxylation sites is 1. The summed E-state index contributed by atoms with van der Waals surface area (Å²) in [7, 11) is 0. The van der Waals surface area contributed by atoms with Crippen molar-refractivity contribution in [2.24, 2.45) is 0 Å². The topological polar surface area (TPSA) is 49.3 Å². The standard InChI is InChI=1S/C12H17NO2/c1-2-3-8-12(15)13-11-7-5-4-6-10(11)9-14/h4-7,14H,2-3,8-9H2,1H3,(H,13,15). The zero-order valence-corrected chi connectivity index (χ0v) is 8.99. The molecule has 0 heterocycles. The Kier molecular flexibility index (Phi) is 4.84. The van der Waals surface area contributed by atoms with Crippen LogP contribution in [0.25, 0.3) is 0 Å². The van der Waals surface area contributed by atoms with Crippen LogP contribution in [-0.2, 0) is 11.4 Å². The first kappa shape index (κ1) is 11.7. The highest BCUT2D eigenvalue weighted by atomic mass is 16.3. The Balaban J connectivity index is 2.59. The average Bonchev–Trinajstić information content (AvgIpc) is 2.27. The highest BCUT2D eigenvalue weighted by Crippen LogP contribution is 2.15. The molecule has 0 aliphatic rings. The molecule has 0 spiro atoms. The van der Waals surface area contributed by atoms with Crippen molar-refractivity contribution in [3.63, 3.8) is 0 Å². The summed E-state index contributed by atoms with van der Waals surface area (Å²) in [5.74, 6) is 0.0118. The Morgan fingerprint density at radius 3 is 2.80 bits per heavy atom. The van der Waals surface area contributed by atoms with Crippen LogP contribution in [-0.4, -0.2) is 11.0 Å². The second-order valence-electron chi connectivity index (χ2n) is 3.47. The first-order valence-electron chi connectivity index (χ1n) is 5.26. The first-order chi connectivity index (χ1) is 7.27. The zero-order valence-electron chi connectivity index (χ0n) is 8.99. The third kappa shape index (κ3) is 3.72. The Labute approximate surface area is 90.1 Å². The summed E-state index contributed by atoms with van der Waals surface area (Å²) < 4.78 is 0. The van der Waals surface area contributed by atoms with Crippen LogP contribution in [0.1, 0.15) is 31.7 Å². The van der Waals surface area contributed by atoms with Crippen molar-refractivity contribution in [2.45, 2.75) is 32.8 Å². The maximum absolute atomic E-state index is 11.4. The van der Waals surface area contributed by atoms with E-state index in [-0.39, 0.29) is 12.5 Å². The number of benzene rings is 1. The Morgan fingerprint density at radius 1 is 1.40 bits per heavy atom. The van der Waals surface area contributed by atoms with Gasteiger partial charge in [0.15, 0.2) is 0 Å². The Bertz CT molecular complexity index is 323. The smallest absolute Gasteiger partial charge is 0.224 e. The van der Waals surface area contributed by atoms with Gasteiger partial charge in [0.25, 0.3) is 0 Å². The number of carbonyl (C=O) groups excluding carboxylic acids is 1. The van der Waals surface area contributed by atoms with Gasteiger partial charge in [0.05, 0.1) is 6.61 Å². The van der Waals surface area contributed by atoms with Crippen LogP contribution < -0.4 is 5.32 Å². The number of aliphatic hydroxyl groups is 1. The lowest BCUT2D eigenvalue weighted by molar-refractivity contribution is -0.116. The minimum absolute atomic E-state index is 0.0118. The number of hydrogen-bond donors (Lipinski definition) is 2. The van der Waals surface area contributed by atoms with E-state index in [2.05, 4.69) is 12.2 Å². The van der Waals surface area contributed by atoms with Gasteiger partial charge in [-0.25, -0.2) is 0 Å². The molecular weight excluding hydrogens is 190 g/mol. The normalized spacial score (nSPS) is 10.0. The van der Waals surface area contributed by atoms with Crippen LogP contribution in [0.15, 0.2) is 24.3 Å². The quantitative estimate of drug-likeness (QED) is 0.778. The summed E-state index contributed by atoms with van der Waals surface area (Å²) in [6.07, 6.45) is 2.44. The number of aliphatic hydroxyl groups excluding tert-OH is 1. The Morgan fingerprint density at radius 2 is 2.13 bits per heavy atom. The first-order valence-corrected chi connectivity index (χ1v) is 5.26. The van der Waals surface area contributed by atoms with Crippen molar-refractivity contribution < 1.29 is 9.90 Å². The van der Waals surface area contributed by atoms with Crippen LogP contribution in [0.4, 0.5) is 5.69 Å². The van der Waals surface area contributed by atoms with Crippen molar-refractivity contribution >= 4 is 11.6 Å². The van der Waals surface area contributed by atoms with Gasteiger partial charge in [-0.3, -0.25) is 4.79 Å². The molecular formula is C12H17NO2. The van der Waals surface area contributed by atoms with Crippen LogP contribution in [0.3, 0.4) is 0 Å². The summed E-state index contributed by atoms with van der Waals surface area (Å²) in [6, 6.07) is 7.28. The van der Waals surface area contributed by atoms with Crippen LogP contribution in [0.2, 0.25) is 0 Å². The number of carbonyl (C=O) groups is 1.